The van der Waals surface area contributed by atoms with E-state index < -0.39 is 0 Å². The summed E-state index contributed by atoms with van der Waals surface area (Å²) in [7, 11) is 0. The molecule has 8 nitrogen and oxygen atoms in total. The summed E-state index contributed by atoms with van der Waals surface area (Å²) < 4.78 is 6.73. The van der Waals surface area contributed by atoms with Crippen molar-refractivity contribution in [2.45, 2.75) is 101 Å². The predicted molar refractivity (Wildman–Crippen MR) is 174 cm³/mol. The Morgan fingerprint density at radius 1 is 1.02 bits per heavy atom. The van der Waals surface area contributed by atoms with E-state index >= 15 is 0 Å². The summed E-state index contributed by atoms with van der Waals surface area (Å²) in [6.45, 7) is 7.70. The van der Waals surface area contributed by atoms with Gasteiger partial charge in [0.2, 0.25) is 0 Å². The number of phenolic OH excluding ortho intramolecular Hbond substituents is 1. The van der Waals surface area contributed by atoms with Gasteiger partial charge in [-0.2, -0.15) is 9.97 Å². The lowest BCUT2D eigenvalue weighted by molar-refractivity contribution is 0.0829. The maximum absolute atomic E-state index is 10.7. The Kier molecular flexibility index (Phi) is 6.49. The molecule has 1 aliphatic carbocycles. The van der Waals surface area contributed by atoms with Crippen LogP contribution in [0.2, 0.25) is 0 Å². The number of nitrogens with zero attached hydrogens (tertiary/aromatic N) is 5. The second-order valence-corrected chi connectivity index (χ2v) is 14.6. The molecule has 5 fully saturated rings. The number of aromatic nitrogens is 2. The van der Waals surface area contributed by atoms with E-state index in [1.54, 1.807) is 0 Å². The lowest BCUT2D eigenvalue weighted by Crippen LogP contribution is -2.52. The van der Waals surface area contributed by atoms with Crippen molar-refractivity contribution >= 4 is 22.3 Å². The van der Waals surface area contributed by atoms with Crippen LogP contribution in [0.15, 0.2) is 30.3 Å². The number of aromatic hydroxyl groups is 1. The molecule has 5 atom stereocenters. The van der Waals surface area contributed by atoms with Crippen molar-refractivity contribution in [1.82, 2.24) is 20.2 Å². The first-order valence-corrected chi connectivity index (χ1v) is 17.4. The van der Waals surface area contributed by atoms with E-state index in [-0.39, 0.29) is 5.54 Å². The van der Waals surface area contributed by atoms with Gasteiger partial charge in [-0.1, -0.05) is 31.5 Å². The van der Waals surface area contributed by atoms with Crippen LogP contribution in [0.5, 0.6) is 11.8 Å². The molecule has 3 aromatic rings. The zero-order chi connectivity index (χ0) is 29.4. The van der Waals surface area contributed by atoms with Gasteiger partial charge in [0.25, 0.3) is 0 Å². The molecule has 1 saturated carbocycles. The summed E-state index contributed by atoms with van der Waals surface area (Å²) >= 11 is 0. The highest BCUT2D eigenvalue weighted by Crippen LogP contribution is 2.51. The number of anilines is 2. The molecule has 2 aromatic carbocycles. The van der Waals surface area contributed by atoms with Crippen LogP contribution in [-0.2, 0) is 19.4 Å². The second-order valence-electron chi connectivity index (χ2n) is 14.6. The zero-order valence-electron chi connectivity index (χ0n) is 26.1. The van der Waals surface area contributed by atoms with Crippen LogP contribution in [0.25, 0.3) is 10.8 Å². The molecule has 0 amide bonds. The van der Waals surface area contributed by atoms with Crippen molar-refractivity contribution in [3.05, 3.63) is 47.2 Å². The van der Waals surface area contributed by atoms with Crippen LogP contribution in [-0.4, -0.2) is 76.4 Å². The summed E-state index contributed by atoms with van der Waals surface area (Å²) in [5.74, 6) is 2.26. The van der Waals surface area contributed by atoms with E-state index in [4.69, 9.17) is 14.7 Å². The largest absolute Gasteiger partial charge is 0.508 e. The number of piperazine rings is 1. The van der Waals surface area contributed by atoms with E-state index in [0.717, 1.165) is 67.0 Å². The van der Waals surface area contributed by atoms with E-state index in [9.17, 15) is 5.11 Å². The summed E-state index contributed by atoms with van der Waals surface area (Å²) in [6, 6.07) is 12.7. The van der Waals surface area contributed by atoms with Gasteiger partial charge in [0, 0.05) is 60.5 Å². The number of nitrogens with one attached hydrogen (secondary N) is 1. The Morgan fingerprint density at radius 3 is 2.77 bits per heavy atom. The molecule has 6 heterocycles. The minimum absolute atomic E-state index is 0.159. The van der Waals surface area contributed by atoms with Gasteiger partial charge in [0.15, 0.2) is 0 Å². The average Bonchev–Trinajstić information content (AvgIpc) is 3.80. The third-order valence-corrected chi connectivity index (χ3v) is 12.1. The van der Waals surface area contributed by atoms with E-state index in [0.29, 0.717) is 37.0 Å². The van der Waals surface area contributed by atoms with E-state index in [1.165, 1.54) is 74.4 Å². The molecule has 5 aliphatic heterocycles. The smallest absolute Gasteiger partial charge is 0.318 e. The Bertz CT molecular complexity index is 1580. The molecule has 2 bridgehead atoms. The molecular weight excluding hydrogens is 548 g/mol. The van der Waals surface area contributed by atoms with Gasteiger partial charge in [-0.3, -0.25) is 4.90 Å². The highest BCUT2D eigenvalue weighted by molar-refractivity contribution is 5.98. The highest BCUT2D eigenvalue weighted by atomic mass is 16.5. The minimum Gasteiger partial charge on any atom is -0.508 e. The standard InChI is InChI=1S/C36H46N6O2/c1-2-23-6-3-7-24-16-28(43)17-32(33(23)24)40-15-12-29-30(21-40)38-35(39-34(29)41-19-26-10-11-27(20-41)37-26)44-22-36-13-5-14-42(36)31-9-4-8-25(31)18-36/h3,6-7,16-17,25-27,31,37,43H,2,4-5,8-15,18-22H2,1H3/t25-,26?,27?,31-,36?/m1/s1. The van der Waals surface area contributed by atoms with Gasteiger partial charge in [0.05, 0.1) is 17.8 Å². The summed E-state index contributed by atoms with van der Waals surface area (Å²) in [6.07, 6.45) is 12.2. The fourth-order valence-corrected chi connectivity index (χ4v) is 10.2. The minimum atomic E-state index is 0.159. The fourth-order valence-electron chi connectivity index (χ4n) is 10.2. The van der Waals surface area contributed by atoms with E-state index in [2.05, 4.69) is 45.1 Å². The van der Waals surface area contributed by atoms with Gasteiger partial charge >= 0.3 is 6.01 Å². The number of fused-ring (bicyclic) bond motifs is 7. The lowest BCUT2D eigenvalue weighted by Gasteiger charge is -2.38. The third-order valence-electron chi connectivity index (χ3n) is 12.1. The first-order valence-electron chi connectivity index (χ1n) is 17.4. The molecule has 2 N–H and O–H groups in total. The van der Waals surface area contributed by atoms with Crippen LogP contribution in [0, 0.1) is 5.92 Å². The average molecular weight is 595 g/mol. The normalized spacial score (nSPS) is 31.0. The van der Waals surface area contributed by atoms with Gasteiger partial charge < -0.3 is 25.0 Å². The predicted octanol–water partition coefficient (Wildman–Crippen LogP) is 5.19. The molecule has 0 radical (unpaired) electrons. The summed E-state index contributed by atoms with van der Waals surface area (Å²) in [5.41, 5.74) is 4.94. The Balaban J connectivity index is 1.07. The van der Waals surface area contributed by atoms with Crippen LogP contribution >= 0.6 is 0 Å². The van der Waals surface area contributed by atoms with Crippen molar-refractivity contribution in [2.24, 2.45) is 5.92 Å². The molecule has 4 saturated heterocycles. The van der Waals surface area contributed by atoms with Crippen LogP contribution in [0.1, 0.15) is 75.1 Å². The van der Waals surface area contributed by atoms with Crippen LogP contribution in [0.4, 0.5) is 11.5 Å². The van der Waals surface area contributed by atoms with E-state index in [1.807, 2.05) is 12.1 Å². The number of hydrogen-bond acceptors (Lipinski definition) is 8. The topological polar surface area (TPSA) is 77.0 Å². The lowest BCUT2D eigenvalue weighted by atomic mass is 9.90. The summed E-state index contributed by atoms with van der Waals surface area (Å²) in [4.78, 5) is 18.2. The van der Waals surface area contributed by atoms with Crippen LogP contribution < -0.4 is 19.9 Å². The van der Waals surface area contributed by atoms with Gasteiger partial charge in [-0.25, -0.2) is 0 Å². The molecule has 44 heavy (non-hydrogen) atoms. The Labute approximate surface area is 260 Å². The Hall–Kier alpha value is -3.10. The van der Waals surface area contributed by atoms with Gasteiger partial charge in [-0.05, 0) is 87.3 Å². The summed E-state index contributed by atoms with van der Waals surface area (Å²) in [5, 5.41) is 16.9. The quantitative estimate of drug-likeness (QED) is 0.404. The molecule has 3 unspecified atom stereocenters. The number of ether oxygens (including phenoxy) is 1. The van der Waals surface area contributed by atoms with Gasteiger partial charge in [-0.15, -0.1) is 0 Å². The highest BCUT2D eigenvalue weighted by Gasteiger charge is 2.55. The first-order chi connectivity index (χ1) is 21.6. The number of rotatable bonds is 6. The Morgan fingerprint density at radius 2 is 1.91 bits per heavy atom. The molecule has 6 aliphatic rings. The first kappa shape index (κ1) is 27.2. The molecule has 1 aromatic heterocycles. The SMILES string of the molecule is CCc1cccc2cc(O)cc(N3CCc4c(nc(OCC56CCCN5[C@@H]5CCC[C@@H]5C6)nc4N4CC5CCC(C4)N5)C3)c12. The van der Waals surface area contributed by atoms with Gasteiger partial charge in [0.1, 0.15) is 18.2 Å². The van der Waals surface area contributed by atoms with Crippen molar-refractivity contribution in [3.8, 4) is 11.8 Å². The van der Waals surface area contributed by atoms with Crippen molar-refractivity contribution < 1.29 is 9.84 Å². The van der Waals surface area contributed by atoms with Crippen molar-refractivity contribution in [3.63, 3.8) is 0 Å². The molecule has 0 spiro atoms. The number of aryl methyl sites for hydroxylation is 1. The third kappa shape index (κ3) is 4.38. The molecule has 232 valence electrons. The number of hydrogen-bond donors (Lipinski definition) is 2. The van der Waals surface area contributed by atoms with Crippen molar-refractivity contribution in [2.75, 3.05) is 42.6 Å². The maximum Gasteiger partial charge on any atom is 0.318 e. The number of benzene rings is 2. The number of phenols is 1. The molecule has 8 heteroatoms. The second kappa shape index (κ2) is 10.5. The monoisotopic (exact) mass is 594 g/mol. The molecule has 9 rings (SSSR count). The fraction of sp³-hybridized carbons (Fsp3) is 0.611. The van der Waals surface area contributed by atoms with Crippen molar-refractivity contribution in [1.29, 1.82) is 0 Å². The molecular formula is C36H46N6O2. The zero-order valence-corrected chi connectivity index (χ0v) is 26.1. The maximum atomic E-state index is 10.7. The van der Waals surface area contributed by atoms with Crippen LogP contribution in [0.3, 0.4) is 0 Å².